The van der Waals surface area contributed by atoms with Crippen molar-refractivity contribution in [3.63, 3.8) is 0 Å². The maximum Gasteiger partial charge on any atom is 0.0766 e. The molecule has 0 aliphatic heterocycles. The third kappa shape index (κ3) is 2.31. The van der Waals surface area contributed by atoms with Crippen LogP contribution in [0.5, 0.6) is 0 Å². The Morgan fingerprint density at radius 3 is 2.67 bits per heavy atom. The van der Waals surface area contributed by atoms with E-state index < -0.39 is 0 Å². The standard InChI is InChI=1S/C15H19N3/c1-15(2)10-14(15)16-11-12-8-9-18(17-12)13-6-4-3-5-7-13/h3-9,14,16H,10-11H2,1-2H3. The number of hydrogen-bond acceptors (Lipinski definition) is 2. The molecule has 1 heterocycles. The zero-order valence-electron chi connectivity index (χ0n) is 10.9. The van der Waals surface area contributed by atoms with Gasteiger partial charge in [0.2, 0.25) is 0 Å². The van der Waals surface area contributed by atoms with E-state index >= 15 is 0 Å². The quantitative estimate of drug-likeness (QED) is 0.892. The summed E-state index contributed by atoms with van der Waals surface area (Å²) in [6.45, 7) is 5.45. The number of para-hydroxylation sites is 1. The smallest absolute Gasteiger partial charge is 0.0766 e. The summed E-state index contributed by atoms with van der Waals surface area (Å²) in [5, 5.41) is 8.13. The highest BCUT2D eigenvalue weighted by molar-refractivity contribution is 5.30. The Kier molecular flexibility index (Phi) is 2.71. The summed E-state index contributed by atoms with van der Waals surface area (Å²) in [5.74, 6) is 0. The Bertz CT molecular complexity index is 528. The molecule has 1 N–H and O–H groups in total. The van der Waals surface area contributed by atoms with Gasteiger partial charge in [-0.05, 0) is 30.0 Å². The van der Waals surface area contributed by atoms with Crippen LogP contribution in [-0.4, -0.2) is 15.8 Å². The number of rotatable bonds is 4. The van der Waals surface area contributed by atoms with Crippen LogP contribution in [-0.2, 0) is 6.54 Å². The average molecular weight is 241 g/mol. The lowest BCUT2D eigenvalue weighted by molar-refractivity contribution is 0.537. The molecule has 1 atom stereocenters. The van der Waals surface area contributed by atoms with E-state index in [1.807, 2.05) is 29.1 Å². The highest BCUT2D eigenvalue weighted by Gasteiger charge is 2.45. The van der Waals surface area contributed by atoms with Gasteiger partial charge in [0.1, 0.15) is 0 Å². The van der Waals surface area contributed by atoms with E-state index in [0.717, 1.165) is 17.9 Å². The summed E-state index contributed by atoms with van der Waals surface area (Å²) in [7, 11) is 0. The van der Waals surface area contributed by atoms with E-state index in [1.165, 1.54) is 6.42 Å². The predicted octanol–water partition coefficient (Wildman–Crippen LogP) is 2.76. The molecule has 1 fully saturated rings. The van der Waals surface area contributed by atoms with Crippen molar-refractivity contribution in [1.82, 2.24) is 15.1 Å². The summed E-state index contributed by atoms with van der Waals surface area (Å²) in [4.78, 5) is 0. The molecule has 1 aromatic heterocycles. The van der Waals surface area contributed by atoms with E-state index in [2.05, 4.69) is 42.5 Å². The predicted molar refractivity (Wildman–Crippen MR) is 72.6 cm³/mol. The molecule has 0 radical (unpaired) electrons. The number of benzene rings is 1. The molecule has 1 aliphatic rings. The molecule has 94 valence electrons. The molecular formula is C15H19N3. The SMILES string of the molecule is CC1(C)CC1NCc1ccn(-c2ccccc2)n1. The van der Waals surface area contributed by atoms with Gasteiger partial charge in [0.05, 0.1) is 11.4 Å². The van der Waals surface area contributed by atoms with Crippen molar-refractivity contribution >= 4 is 0 Å². The third-order valence-corrected chi connectivity index (χ3v) is 3.71. The van der Waals surface area contributed by atoms with Crippen LogP contribution in [0.3, 0.4) is 0 Å². The second kappa shape index (κ2) is 4.25. The zero-order chi connectivity index (χ0) is 12.6. The lowest BCUT2D eigenvalue weighted by atomic mass is 10.2. The van der Waals surface area contributed by atoms with Crippen LogP contribution in [0.25, 0.3) is 5.69 Å². The lowest BCUT2D eigenvalue weighted by Gasteiger charge is -2.04. The van der Waals surface area contributed by atoms with Gasteiger partial charge >= 0.3 is 0 Å². The minimum absolute atomic E-state index is 0.474. The normalized spacial score (nSPS) is 20.9. The molecule has 1 aromatic carbocycles. The molecule has 0 bridgehead atoms. The van der Waals surface area contributed by atoms with Gasteiger partial charge in [-0.1, -0.05) is 32.0 Å². The van der Waals surface area contributed by atoms with Gasteiger partial charge in [0.25, 0.3) is 0 Å². The molecule has 3 heteroatoms. The van der Waals surface area contributed by atoms with Crippen molar-refractivity contribution in [2.45, 2.75) is 32.9 Å². The summed E-state index contributed by atoms with van der Waals surface area (Å²) < 4.78 is 1.93. The average Bonchev–Trinajstić information content (AvgIpc) is 2.79. The van der Waals surface area contributed by atoms with Crippen LogP contribution in [0.4, 0.5) is 0 Å². The molecular weight excluding hydrogens is 222 g/mol. The Morgan fingerprint density at radius 1 is 1.28 bits per heavy atom. The Labute approximate surface area is 108 Å². The van der Waals surface area contributed by atoms with Gasteiger partial charge in [-0.15, -0.1) is 0 Å². The van der Waals surface area contributed by atoms with Crippen LogP contribution >= 0.6 is 0 Å². The summed E-state index contributed by atoms with van der Waals surface area (Å²) in [5.41, 5.74) is 2.68. The summed E-state index contributed by atoms with van der Waals surface area (Å²) in [6.07, 6.45) is 3.29. The van der Waals surface area contributed by atoms with Crippen LogP contribution in [0.2, 0.25) is 0 Å². The second-order valence-electron chi connectivity index (χ2n) is 5.71. The molecule has 3 nitrogen and oxygen atoms in total. The van der Waals surface area contributed by atoms with Crippen molar-refractivity contribution < 1.29 is 0 Å². The molecule has 2 aromatic rings. The highest BCUT2D eigenvalue weighted by atomic mass is 15.3. The Balaban J connectivity index is 1.64. The molecule has 1 unspecified atom stereocenters. The van der Waals surface area contributed by atoms with Gasteiger partial charge in [-0.3, -0.25) is 0 Å². The van der Waals surface area contributed by atoms with Gasteiger partial charge in [-0.2, -0.15) is 5.10 Å². The first kappa shape index (κ1) is 11.5. The van der Waals surface area contributed by atoms with E-state index in [4.69, 9.17) is 0 Å². The molecule has 3 rings (SSSR count). The Hall–Kier alpha value is -1.61. The van der Waals surface area contributed by atoms with Crippen LogP contribution < -0.4 is 5.32 Å². The first-order valence-electron chi connectivity index (χ1n) is 6.48. The van der Waals surface area contributed by atoms with Crippen LogP contribution in [0.1, 0.15) is 26.0 Å². The third-order valence-electron chi connectivity index (χ3n) is 3.71. The van der Waals surface area contributed by atoms with Gasteiger partial charge in [0.15, 0.2) is 0 Å². The van der Waals surface area contributed by atoms with Crippen molar-refractivity contribution in [2.75, 3.05) is 0 Å². The molecule has 1 aliphatic carbocycles. The molecule has 1 saturated carbocycles. The van der Waals surface area contributed by atoms with Gasteiger partial charge in [0, 0.05) is 18.8 Å². The number of aromatic nitrogens is 2. The number of nitrogens with one attached hydrogen (secondary N) is 1. The summed E-state index contributed by atoms with van der Waals surface area (Å²) in [6, 6.07) is 12.9. The van der Waals surface area contributed by atoms with Crippen molar-refractivity contribution in [3.8, 4) is 5.69 Å². The maximum atomic E-state index is 4.58. The monoisotopic (exact) mass is 241 g/mol. The number of hydrogen-bond donors (Lipinski definition) is 1. The highest BCUT2D eigenvalue weighted by Crippen LogP contribution is 2.44. The summed E-state index contributed by atoms with van der Waals surface area (Å²) >= 11 is 0. The topological polar surface area (TPSA) is 29.9 Å². The van der Waals surface area contributed by atoms with Crippen molar-refractivity contribution in [1.29, 1.82) is 0 Å². The van der Waals surface area contributed by atoms with E-state index in [-0.39, 0.29) is 0 Å². The minimum Gasteiger partial charge on any atom is -0.308 e. The largest absolute Gasteiger partial charge is 0.308 e. The molecule has 0 saturated heterocycles. The minimum atomic E-state index is 0.474. The fourth-order valence-electron chi connectivity index (χ4n) is 2.22. The molecule has 0 spiro atoms. The van der Waals surface area contributed by atoms with Gasteiger partial charge in [-0.25, -0.2) is 4.68 Å². The fourth-order valence-corrected chi connectivity index (χ4v) is 2.22. The molecule has 0 amide bonds. The van der Waals surface area contributed by atoms with E-state index in [9.17, 15) is 0 Å². The van der Waals surface area contributed by atoms with Crippen LogP contribution in [0.15, 0.2) is 42.6 Å². The zero-order valence-corrected chi connectivity index (χ0v) is 10.9. The second-order valence-corrected chi connectivity index (χ2v) is 5.71. The van der Waals surface area contributed by atoms with E-state index in [0.29, 0.717) is 11.5 Å². The first-order valence-corrected chi connectivity index (χ1v) is 6.48. The Morgan fingerprint density at radius 2 is 2.00 bits per heavy atom. The fraction of sp³-hybridized carbons (Fsp3) is 0.400. The van der Waals surface area contributed by atoms with Crippen molar-refractivity contribution in [3.05, 3.63) is 48.3 Å². The van der Waals surface area contributed by atoms with E-state index in [1.54, 1.807) is 0 Å². The van der Waals surface area contributed by atoms with Crippen LogP contribution in [0, 0.1) is 5.41 Å². The first-order chi connectivity index (χ1) is 8.65. The maximum absolute atomic E-state index is 4.58. The molecule has 18 heavy (non-hydrogen) atoms. The van der Waals surface area contributed by atoms with Gasteiger partial charge < -0.3 is 5.32 Å². The number of nitrogens with zero attached hydrogens (tertiary/aromatic N) is 2. The lowest BCUT2D eigenvalue weighted by Crippen LogP contribution is -2.20. The van der Waals surface area contributed by atoms with Crippen molar-refractivity contribution in [2.24, 2.45) is 5.41 Å².